The largest absolute Gasteiger partial charge is 0.494 e. The lowest BCUT2D eigenvalue weighted by atomic mass is 10.0. The zero-order valence-corrected chi connectivity index (χ0v) is 11.9. The molecule has 1 aliphatic heterocycles. The molecule has 6 heteroatoms. The molecule has 1 aliphatic rings. The molecule has 0 spiro atoms. The van der Waals surface area contributed by atoms with E-state index in [1.54, 1.807) is 12.1 Å². The maximum atomic E-state index is 12.2. The van der Waals surface area contributed by atoms with Gasteiger partial charge in [0.2, 0.25) is 0 Å². The summed E-state index contributed by atoms with van der Waals surface area (Å²) in [5.41, 5.74) is -4.24. The van der Waals surface area contributed by atoms with Crippen molar-refractivity contribution in [2.45, 2.75) is 42.1 Å². The molecule has 1 saturated heterocycles. The lowest BCUT2D eigenvalue weighted by Crippen LogP contribution is -2.35. The monoisotopic (exact) mass is 305 g/mol. The van der Waals surface area contributed by atoms with Gasteiger partial charge in [-0.3, -0.25) is 0 Å². The number of alkyl halides is 3. The van der Waals surface area contributed by atoms with Crippen LogP contribution in [0, 0.1) is 0 Å². The predicted molar refractivity (Wildman–Crippen MR) is 74.1 cm³/mol. The van der Waals surface area contributed by atoms with Crippen molar-refractivity contribution in [1.29, 1.82) is 0 Å². The van der Waals surface area contributed by atoms with E-state index >= 15 is 0 Å². The molecule has 0 saturated carbocycles. The zero-order valence-electron chi connectivity index (χ0n) is 11.1. The fourth-order valence-electron chi connectivity index (χ4n) is 2.23. The molecule has 1 N–H and O–H groups in total. The highest BCUT2D eigenvalue weighted by Gasteiger charge is 2.29. The van der Waals surface area contributed by atoms with Crippen molar-refractivity contribution in [2.75, 3.05) is 13.2 Å². The van der Waals surface area contributed by atoms with Gasteiger partial charge in [0.05, 0.1) is 6.61 Å². The number of nitrogens with one attached hydrogen (secondary N) is 1. The molecule has 20 heavy (non-hydrogen) atoms. The molecule has 112 valence electrons. The minimum Gasteiger partial charge on any atom is -0.494 e. The van der Waals surface area contributed by atoms with Crippen molar-refractivity contribution in [3.05, 3.63) is 24.3 Å². The molecule has 0 aromatic heterocycles. The molecule has 0 amide bonds. The molecule has 0 bridgehead atoms. The Bertz CT molecular complexity index is 402. The first-order valence-electron chi connectivity index (χ1n) is 6.75. The molecule has 0 aliphatic carbocycles. The Morgan fingerprint density at radius 3 is 2.55 bits per heavy atom. The van der Waals surface area contributed by atoms with E-state index < -0.39 is 5.51 Å². The van der Waals surface area contributed by atoms with Gasteiger partial charge < -0.3 is 10.1 Å². The first-order chi connectivity index (χ1) is 9.53. The second kappa shape index (κ2) is 7.22. The Kier molecular flexibility index (Phi) is 5.60. The van der Waals surface area contributed by atoms with Crippen molar-refractivity contribution in [3.63, 3.8) is 0 Å². The fourth-order valence-corrected chi connectivity index (χ4v) is 2.77. The average molecular weight is 305 g/mol. The summed E-state index contributed by atoms with van der Waals surface area (Å²) < 4.78 is 42.1. The summed E-state index contributed by atoms with van der Waals surface area (Å²) in [5, 5.41) is 3.43. The topological polar surface area (TPSA) is 21.3 Å². The van der Waals surface area contributed by atoms with E-state index in [-0.39, 0.29) is 16.7 Å². The van der Waals surface area contributed by atoms with E-state index in [9.17, 15) is 13.2 Å². The van der Waals surface area contributed by atoms with Gasteiger partial charge in [-0.25, -0.2) is 0 Å². The van der Waals surface area contributed by atoms with E-state index in [1.165, 1.54) is 31.4 Å². The number of halogens is 3. The Morgan fingerprint density at radius 1 is 1.20 bits per heavy atom. The molecular formula is C14H18F3NOS. The standard InChI is InChI=1S/C14H18F3NOS/c15-14(16,17)20-13-6-4-12(5-7-13)19-10-8-11-3-1-2-9-18-11/h4-7,11,18H,1-3,8-10H2. The van der Waals surface area contributed by atoms with Gasteiger partial charge in [-0.2, -0.15) is 13.2 Å². The molecule has 2 rings (SSSR count). The third-order valence-corrected chi connectivity index (χ3v) is 3.94. The molecule has 1 fully saturated rings. The lowest BCUT2D eigenvalue weighted by Gasteiger charge is -2.23. The summed E-state index contributed by atoms with van der Waals surface area (Å²) in [4.78, 5) is 0.179. The van der Waals surface area contributed by atoms with Gasteiger partial charge in [0.15, 0.2) is 0 Å². The lowest BCUT2D eigenvalue weighted by molar-refractivity contribution is -0.0328. The highest BCUT2D eigenvalue weighted by molar-refractivity contribution is 8.00. The first kappa shape index (κ1) is 15.5. The van der Waals surface area contributed by atoms with Crippen molar-refractivity contribution in [2.24, 2.45) is 0 Å². The highest BCUT2D eigenvalue weighted by Crippen LogP contribution is 2.37. The summed E-state index contributed by atoms with van der Waals surface area (Å²) >= 11 is -0.110. The summed E-state index contributed by atoms with van der Waals surface area (Å²) in [6.07, 6.45) is 4.58. The van der Waals surface area contributed by atoms with Crippen LogP contribution >= 0.6 is 11.8 Å². The quantitative estimate of drug-likeness (QED) is 0.823. The Balaban J connectivity index is 1.73. The molecule has 2 nitrogen and oxygen atoms in total. The number of benzene rings is 1. The summed E-state index contributed by atoms with van der Waals surface area (Å²) in [5.74, 6) is 0.618. The van der Waals surface area contributed by atoms with Gasteiger partial charge in [0, 0.05) is 10.9 Å². The van der Waals surface area contributed by atoms with Crippen molar-refractivity contribution in [1.82, 2.24) is 5.32 Å². The van der Waals surface area contributed by atoms with E-state index in [0.29, 0.717) is 18.4 Å². The van der Waals surface area contributed by atoms with Crippen LogP contribution in [0.2, 0.25) is 0 Å². The SMILES string of the molecule is FC(F)(F)Sc1ccc(OCCC2CCCCN2)cc1. The fraction of sp³-hybridized carbons (Fsp3) is 0.571. The average Bonchev–Trinajstić information content (AvgIpc) is 2.40. The van der Waals surface area contributed by atoms with Crippen LogP contribution in [0.5, 0.6) is 5.75 Å². The van der Waals surface area contributed by atoms with Crippen LogP contribution in [0.3, 0.4) is 0 Å². The number of hydrogen-bond acceptors (Lipinski definition) is 3. The highest BCUT2D eigenvalue weighted by atomic mass is 32.2. The zero-order chi connectivity index (χ0) is 14.4. The summed E-state index contributed by atoms with van der Waals surface area (Å²) in [6, 6.07) is 6.55. The van der Waals surface area contributed by atoms with Crippen molar-refractivity contribution >= 4 is 11.8 Å². The molecule has 1 heterocycles. The van der Waals surface area contributed by atoms with Gasteiger partial charge >= 0.3 is 5.51 Å². The summed E-state index contributed by atoms with van der Waals surface area (Å²) in [6.45, 7) is 1.65. The maximum absolute atomic E-state index is 12.2. The third kappa shape index (κ3) is 5.63. The minimum absolute atomic E-state index is 0.110. The van der Waals surface area contributed by atoms with Gasteiger partial charge in [0.1, 0.15) is 5.75 Å². The second-order valence-corrected chi connectivity index (χ2v) is 5.94. The van der Waals surface area contributed by atoms with Gasteiger partial charge in [0.25, 0.3) is 0 Å². The first-order valence-corrected chi connectivity index (χ1v) is 7.56. The normalized spacial score (nSPS) is 19.9. The number of ether oxygens (including phenoxy) is 1. The van der Waals surface area contributed by atoms with Crippen LogP contribution in [0.1, 0.15) is 25.7 Å². The number of hydrogen-bond donors (Lipinski definition) is 1. The van der Waals surface area contributed by atoms with Gasteiger partial charge in [-0.1, -0.05) is 6.42 Å². The Morgan fingerprint density at radius 2 is 1.95 bits per heavy atom. The van der Waals surface area contributed by atoms with Crippen LogP contribution in [-0.4, -0.2) is 24.7 Å². The Hall–Kier alpha value is -0.880. The molecule has 1 unspecified atom stereocenters. The van der Waals surface area contributed by atoms with E-state index in [0.717, 1.165) is 13.0 Å². The Labute approximate surface area is 121 Å². The molecule has 0 radical (unpaired) electrons. The predicted octanol–water partition coefficient (Wildman–Crippen LogP) is 4.21. The van der Waals surface area contributed by atoms with Gasteiger partial charge in [-0.05, 0) is 61.8 Å². The van der Waals surface area contributed by atoms with Crippen LogP contribution in [0.25, 0.3) is 0 Å². The summed E-state index contributed by atoms with van der Waals surface area (Å²) in [7, 11) is 0. The van der Waals surface area contributed by atoms with Gasteiger partial charge in [-0.15, -0.1) is 0 Å². The maximum Gasteiger partial charge on any atom is 0.446 e. The second-order valence-electron chi connectivity index (χ2n) is 4.80. The molecule has 1 atom stereocenters. The molecular weight excluding hydrogens is 287 g/mol. The van der Waals surface area contributed by atoms with Crippen molar-refractivity contribution in [3.8, 4) is 5.75 Å². The molecule has 1 aromatic rings. The smallest absolute Gasteiger partial charge is 0.446 e. The van der Waals surface area contributed by atoms with E-state index in [1.807, 2.05) is 0 Å². The number of rotatable bonds is 5. The number of thioether (sulfide) groups is 1. The van der Waals surface area contributed by atoms with Crippen LogP contribution in [0.15, 0.2) is 29.2 Å². The third-order valence-electron chi connectivity index (χ3n) is 3.20. The van der Waals surface area contributed by atoms with E-state index in [2.05, 4.69) is 5.32 Å². The van der Waals surface area contributed by atoms with Crippen LogP contribution < -0.4 is 10.1 Å². The van der Waals surface area contributed by atoms with Crippen LogP contribution in [0.4, 0.5) is 13.2 Å². The molecule has 1 aromatic carbocycles. The number of piperidine rings is 1. The van der Waals surface area contributed by atoms with Crippen molar-refractivity contribution < 1.29 is 17.9 Å². The van der Waals surface area contributed by atoms with E-state index in [4.69, 9.17) is 4.74 Å². The van der Waals surface area contributed by atoms with Crippen LogP contribution in [-0.2, 0) is 0 Å². The minimum atomic E-state index is -4.24.